The van der Waals surface area contributed by atoms with Crippen LogP contribution in [-0.2, 0) is 0 Å². The Bertz CT molecular complexity index is 260. The van der Waals surface area contributed by atoms with Crippen molar-refractivity contribution in [2.75, 3.05) is 0 Å². The number of quaternary nitrogens is 2. The first-order valence-electron chi connectivity index (χ1n) is 3.36. The minimum Gasteiger partial charge on any atom is -0.369 e. The van der Waals surface area contributed by atoms with Crippen LogP contribution in [0.1, 0.15) is 0 Å². The molecule has 0 bridgehead atoms. The summed E-state index contributed by atoms with van der Waals surface area (Å²) in [6.45, 7) is 0. The summed E-state index contributed by atoms with van der Waals surface area (Å²) in [6.07, 6.45) is 0. The Balaban J connectivity index is -0.0000000201. The molecular weight excluding hydrogens is 540 g/mol. The van der Waals surface area contributed by atoms with E-state index in [1.165, 1.54) is 0 Å². The zero-order valence-corrected chi connectivity index (χ0v) is 15.8. The standard InChI is InChI=1S/Ce.4HNO3.2NO3.2H3N/c;6*2-1(3)4;;/h;4*(H,2,3,4);;;2*1H3/q+4;;;;;2*-1;;/p+2. The third-order valence-electron chi connectivity index (χ3n) is 0. The molecule has 0 saturated heterocycles. The van der Waals surface area contributed by atoms with E-state index in [0.717, 1.165) is 0 Å². The topological polar surface area (TPSA) is 459 Å². The number of rotatable bonds is 0. The van der Waals surface area contributed by atoms with Crippen LogP contribution in [0.5, 0.6) is 0 Å². The van der Waals surface area contributed by atoms with Crippen molar-refractivity contribution in [1.29, 1.82) is 0 Å². The van der Waals surface area contributed by atoms with Gasteiger partial charge in [0, 0.05) is 0 Å². The van der Waals surface area contributed by atoms with Gasteiger partial charge >= 0.3 is 41.7 Å². The maximum atomic E-state index is 8.36. The van der Waals surface area contributed by atoms with Gasteiger partial charge in [0.1, 0.15) is 0 Å². The van der Waals surface area contributed by atoms with E-state index in [0.29, 0.717) is 0 Å². The zero-order chi connectivity index (χ0) is 21.5. The Hall–Kier alpha value is -3.50. The van der Waals surface area contributed by atoms with E-state index in [4.69, 9.17) is 91.9 Å². The smallest absolute Gasteiger partial charge is 0.369 e. The van der Waals surface area contributed by atoms with Crippen LogP contribution >= 0.6 is 0 Å². The fourth-order valence-corrected chi connectivity index (χ4v) is 0. The van der Waals surface area contributed by atoms with Gasteiger partial charge in [0.2, 0.25) is 0 Å². The van der Waals surface area contributed by atoms with Crippen LogP contribution in [0, 0.1) is 113 Å². The van der Waals surface area contributed by atoms with Gasteiger partial charge in [-0.15, -0.1) is 40.5 Å². The summed E-state index contributed by atoms with van der Waals surface area (Å²) in [5.74, 6) is 0. The van der Waals surface area contributed by atoms with Gasteiger partial charge < -0.3 is 63.8 Å². The van der Waals surface area contributed by atoms with Gasteiger partial charge in [0.05, 0.1) is 10.2 Å². The molecule has 0 heterocycles. The fraction of sp³-hybridized carbons (Fsp3) is 0. The largest absolute Gasteiger partial charge is 4.00 e. The quantitative estimate of drug-likeness (QED) is 0.153. The van der Waals surface area contributed by atoms with Gasteiger partial charge in [0.15, 0.2) is 0 Å². The molecule has 0 aliphatic carbocycles. The molecule has 0 spiro atoms. The van der Waals surface area contributed by atoms with Crippen LogP contribution < -0.4 is 12.3 Å². The van der Waals surface area contributed by atoms with E-state index in [2.05, 4.69) is 0 Å². The Labute approximate surface area is 176 Å². The van der Waals surface area contributed by atoms with Gasteiger partial charge in [-0.1, -0.05) is 0 Å². The molecular formula is H12CeN8O18+4. The Morgan fingerprint density at radius 1 is 0.407 bits per heavy atom. The number of nitrogens with zero attached hydrogens (tertiary/aromatic N) is 6. The zero-order valence-electron chi connectivity index (χ0n) is 12.7. The molecule has 0 aliphatic heterocycles. The molecule has 0 aromatic rings. The van der Waals surface area contributed by atoms with E-state index in [1.54, 1.807) is 0 Å². The minimum absolute atomic E-state index is 0. The van der Waals surface area contributed by atoms with Crippen LogP contribution in [0.15, 0.2) is 0 Å². The number of hydrogen-bond acceptors (Lipinski definition) is 14. The summed E-state index contributed by atoms with van der Waals surface area (Å²) >= 11 is 0. The van der Waals surface area contributed by atoms with Crippen LogP contribution in [0.2, 0.25) is 0 Å². The van der Waals surface area contributed by atoms with Crippen LogP contribution in [0.4, 0.5) is 0 Å². The Kier molecular flexibility index (Phi) is 104. The first kappa shape index (κ1) is 56.6. The van der Waals surface area contributed by atoms with Crippen molar-refractivity contribution < 1.29 is 93.1 Å². The Morgan fingerprint density at radius 3 is 0.407 bits per heavy atom. The normalized spacial score (nSPS) is 5.33. The second-order valence-corrected chi connectivity index (χ2v) is 1.40. The molecule has 0 aromatic heterocycles. The molecule has 0 aromatic carbocycles. The van der Waals surface area contributed by atoms with Crippen LogP contribution in [0.3, 0.4) is 0 Å². The molecule has 0 amide bonds. The van der Waals surface area contributed by atoms with Gasteiger partial charge in [-0.3, -0.25) is 0 Å². The van der Waals surface area contributed by atoms with E-state index >= 15 is 0 Å². The molecule has 12 N–H and O–H groups in total. The molecule has 0 radical (unpaired) electrons. The third kappa shape index (κ3) is 770. The molecule has 0 rings (SSSR count). The molecule has 0 unspecified atom stereocenters. The van der Waals surface area contributed by atoms with Crippen molar-refractivity contribution in [3.8, 4) is 0 Å². The maximum Gasteiger partial charge on any atom is 4.00 e. The molecule has 0 atom stereocenters. The van der Waals surface area contributed by atoms with E-state index in [-0.39, 0.29) is 54.0 Å². The first-order valence-corrected chi connectivity index (χ1v) is 3.36. The predicted octanol–water partition coefficient (Wildman–Crippen LogP) is -1.12. The average molecular weight is 552 g/mol. The molecule has 0 aliphatic rings. The van der Waals surface area contributed by atoms with Crippen molar-refractivity contribution in [3.63, 3.8) is 0 Å². The van der Waals surface area contributed by atoms with Crippen molar-refractivity contribution in [3.05, 3.63) is 71.1 Å². The van der Waals surface area contributed by atoms with Crippen LogP contribution in [0.25, 0.3) is 0 Å². The van der Waals surface area contributed by atoms with Gasteiger partial charge in [0.25, 0.3) is 20.3 Å². The second-order valence-electron chi connectivity index (χ2n) is 1.40. The van der Waals surface area contributed by atoms with Gasteiger partial charge in [-0.2, -0.15) is 0 Å². The maximum absolute atomic E-state index is 8.36. The van der Waals surface area contributed by atoms with E-state index in [9.17, 15) is 0 Å². The molecule has 27 heteroatoms. The van der Waals surface area contributed by atoms with Gasteiger partial charge in [-0.25, -0.2) is 0 Å². The second kappa shape index (κ2) is 49.5. The average Bonchev–Trinajstić information content (AvgIpc) is 2.08. The van der Waals surface area contributed by atoms with Crippen molar-refractivity contribution >= 4 is 0 Å². The van der Waals surface area contributed by atoms with Crippen molar-refractivity contribution in [1.82, 2.24) is 12.3 Å². The summed E-state index contributed by atoms with van der Waals surface area (Å²) in [7, 11) is 0. The van der Waals surface area contributed by atoms with E-state index in [1.807, 2.05) is 0 Å². The molecule has 26 nitrogen and oxygen atoms in total. The summed E-state index contributed by atoms with van der Waals surface area (Å²) in [5, 5.41) is 84.1. The fourth-order valence-electron chi connectivity index (χ4n) is 0. The molecule has 160 valence electrons. The summed E-state index contributed by atoms with van der Waals surface area (Å²) in [6, 6.07) is 0. The first-order chi connectivity index (χ1) is 10.4. The molecule has 27 heavy (non-hydrogen) atoms. The SMILES string of the molecule is O=[N+]([O-])O.O=[N+]([O-])O.O=[N+]([O-])O.O=[N+]([O-])O.O=[N+]([O-])[O-].O=[N+]([O-])[O-].[Ce+4].[NH4+].[NH4+]. The van der Waals surface area contributed by atoms with Crippen molar-refractivity contribution in [2.45, 2.75) is 0 Å². The molecule has 0 fully saturated rings. The van der Waals surface area contributed by atoms with Crippen LogP contribution in [-0.4, -0.2) is 51.3 Å². The summed E-state index contributed by atoms with van der Waals surface area (Å²) < 4.78 is 0. The van der Waals surface area contributed by atoms with Gasteiger partial charge in [-0.05, 0) is 0 Å². The number of hydrogen-bond donors (Lipinski definition) is 6. The monoisotopic (exact) mass is 552 g/mol. The predicted molar refractivity (Wildman–Crippen MR) is 67.8 cm³/mol. The van der Waals surface area contributed by atoms with E-state index < -0.39 is 30.5 Å². The summed E-state index contributed by atoms with van der Waals surface area (Å²) in [5.41, 5.74) is 0. The third-order valence-corrected chi connectivity index (χ3v) is 0. The summed E-state index contributed by atoms with van der Waals surface area (Å²) in [4.78, 5) is 49.9. The minimum atomic E-state index is -1.75. The van der Waals surface area contributed by atoms with Crippen molar-refractivity contribution in [2.24, 2.45) is 0 Å². The Morgan fingerprint density at radius 2 is 0.407 bits per heavy atom. The molecule has 0 saturated carbocycles.